The van der Waals surface area contributed by atoms with Crippen molar-refractivity contribution in [2.24, 2.45) is 0 Å². The Morgan fingerprint density at radius 2 is 2.04 bits per heavy atom. The standard InChI is InChI=1S/C19H16N4O3/c24-16(19(25)26)11-18-22-12-14-10-13(6-7-15(14)23-18)4-3-9-21-17-5-1-2-8-20-17/h1-8,10,12H,9,11H2,(H,20,21)(H,25,26). The van der Waals surface area contributed by atoms with Gasteiger partial charge in [-0.3, -0.25) is 4.79 Å². The summed E-state index contributed by atoms with van der Waals surface area (Å²) in [5.74, 6) is -1.39. The van der Waals surface area contributed by atoms with Gasteiger partial charge in [-0.1, -0.05) is 24.3 Å². The highest BCUT2D eigenvalue weighted by molar-refractivity contribution is 6.33. The van der Waals surface area contributed by atoms with Crippen LogP contribution in [0.4, 0.5) is 5.82 Å². The van der Waals surface area contributed by atoms with E-state index in [1.807, 2.05) is 48.6 Å². The van der Waals surface area contributed by atoms with Crippen molar-refractivity contribution in [1.82, 2.24) is 15.0 Å². The molecule has 2 N–H and O–H groups in total. The molecule has 0 atom stereocenters. The van der Waals surface area contributed by atoms with Crippen molar-refractivity contribution >= 4 is 34.5 Å². The van der Waals surface area contributed by atoms with Gasteiger partial charge in [0.05, 0.1) is 11.9 Å². The number of carboxylic acid groups (broad SMARTS) is 1. The molecular formula is C19H16N4O3. The van der Waals surface area contributed by atoms with Crippen LogP contribution in [0.25, 0.3) is 17.0 Å². The SMILES string of the molecule is O=C(O)C(=O)Cc1ncc2cc(C=CCNc3ccccn3)ccc2n1. The molecule has 0 amide bonds. The fraction of sp³-hybridized carbons (Fsp3) is 0.105. The Balaban J connectivity index is 1.66. The number of benzene rings is 1. The normalized spacial score (nSPS) is 10.9. The van der Waals surface area contributed by atoms with Crippen LogP contribution in [0, 0.1) is 0 Å². The lowest BCUT2D eigenvalue weighted by Crippen LogP contribution is -2.16. The third-order valence-corrected chi connectivity index (χ3v) is 3.59. The number of carbonyl (C=O) groups excluding carboxylic acids is 1. The quantitative estimate of drug-likeness (QED) is 0.631. The zero-order valence-electron chi connectivity index (χ0n) is 13.8. The molecule has 0 radical (unpaired) electrons. The van der Waals surface area contributed by atoms with E-state index in [4.69, 9.17) is 5.11 Å². The van der Waals surface area contributed by atoms with Gasteiger partial charge in [0, 0.05) is 24.3 Å². The van der Waals surface area contributed by atoms with Gasteiger partial charge in [-0.2, -0.15) is 0 Å². The summed E-state index contributed by atoms with van der Waals surface area (Å²) < 4.78 is 0. The lowest BCUT2D eigenvalue weighted by molar-refractivity contribution is -0.148. The van der Waals surface area contributed by atoms with Crippen LogP contribution < -0.4 is 5.32 Å². The van der Waals surface area contributed by atoms with E-state index >= 15 is 0 Å². The molecule has 2 aromatic heterocycles. The number of anilines is 1. The number of pyridine rings is 1. The second kappa shape index (κ2) is 7.98. The van der Waals surface area contributed by atoms with Crippen LogP contribution in [0.1, 0.15) is 11.4 Å². The smallest absolute Gasteiger partial charge is 0.372 e. The van der Waals surface area contributed by atoms with Crippen LogP contribution in [-0.4, -0.2) is 38.4 Å². The Morgan fingerprint density at radius 3 is 2.81 bits per heavy atom. The molecule has 7 heteroatoms. The van der Waals surface area contributed by atoms with Crippen molar-refractivity contribution in [3.63, 3.8) is 0 Å². The molecule has 0 saturated carbocycles. The first kappa shape index (κ1) is 17.2. The van der Waals surface area contributed by atoms with E-state index in [0.29, 0.717) is 12.1 Å². The maximum atomic E-state index is 11.3. The van der Waals surface area contributed by atoms with Crippen LogP contribution in [0.2, 0.25) is 0 Å². The third kappa shape index (κ3) is 4.47. The van der Waals surface area contributed by atoms with Crippen molar-refractivity contribution in [2.75, 3.05) is 11.9 Å². The molecule has 0 bridgehead atoms. The molecule has 3 rings (SSSR count). The predicted molar refractivity (Wildman–Crippen MR) is 97.6 cm³/mol. The number of carbonyl (C=O) groups is 2. The number of nitrogens with one attached hydrogen (secondary N) is 1. The summed E-state index contributed by atoms with van der Waals surface area (Å²) in [6.07, 6.45) is 6.96. The Labute approximate surface area is 149 Å². The molecule has 7 nitrogen and oxygen atoms in total. The van der Waals surface area contributed by atoms with Gasteiger partial charge < -0.3 is 10.4 Å². The fourth-order valence-electron chi connectivity index (χ4n) is 2.32. The molecule has 0 unspecified atom stereocenters. The van der Waals surface area contributed by atoms with Crippen molar-refractivity contribution in [2.45, 2.75) is 6.42 Å². The highest BCUT2D eigenvalue weighted by Gasteiger charge is 2.14. The molecule has 2 heterocycles. The molecule has 0 fully saturated rings. The second-order valence-electron chi connectivity index (χ2n) is 5.51. The summed E-state index contributed by atoms with van der Waals surface area (Å²) in [6.45, 7) is 0.641. The number of fused-ring (bicyclic) bond motifs is 1. The number of hydrogen-bond donors (Lipinski definition) is 2. The van der Waals surface area contributed by atoms with E-state index in [2.05, 4.69) is 20.3 Å². The van der Waals surface area contributed by atoms with Crippen molar-refractivity contribution in [1.29, 1.82) is 0 Å². The van der Waals surface area contributed by atoms with Gasteiger partial charge >= 0.3 is 5.97 Å². The van der Waals surface area contributed by atoms with Gasteiger partial charge in [-0.05, 0) is 29.8 Å². The van der Waals surface area contributed by atoms with E-state index in [1.165, 1.54) is 0 Å². The molecule has 130 valence electrons. The molecule has 0 aliphatic rings. The Hall–Kier alpha value is -3.61. The second-order valence-corrected chi connectivity index (χ2v) is 5.51. The number of ketones is 1. The van der Waals surface area contributed by atoms with E-state index in [1.54, 1.807) is 12.4 Å². The third-order valence-electron chi connectivity index (χ3n) is 3.59. The summed E-state index contributed by atoms with van der Waals surface area (Å²) in [5, 5.41) is 12.6. The molecule has 3 aromatic rings. The molecule has 1 aromatic carbocycles. The first-order chi connectivity index (χ1) is 12.6. The van der Waals surface area contributed by atoms with Crippen molar-refractivity contribution in [3.05, 3.63) is 66.3 Å². The van der Waals surface area contributed by atoms with Gasteiger partial charge in [0.25, 0.3) is 0 Å². The number of Topliss-reactive ketones (excluding diaryl/α,β-unsaturated/α-hetero) is 1. The monoisotopic (exact) mass is 348 g/mol. The number of aliphatic carboxylic acids is 1. The molecular weight excluding hydrogens is 332 g/mol. The highest BCUT2D eigenvalue weighted by atomic mass is 16.4. The van der Waals surface area contributed by atoms with Crippen LogP contribution in [0.5, 0.6) is 0 Å². The minimum Gasteiger partial charge on any atom is -0.475 e. The molecule has 0 aliphatic carbocycles. The lowest BCUT2D eigenvalue weighted by atomic mass is 10.1. The number of carboxylic acids is 1. The van der Waals surface area contributed by atoms with E-state index < -0.39 is 11.8 Å². The number of hydrogen-bond acceptors (Lipinski definition) is 6. The summed E-state index contributed by atoms with van der Waals surface area (Å²) in [5.41, 5.74) is 1.65. The summed E-state index contributed by atoms with van der Waals surface area (Å²) in [4.78, 5) is 34.3. The Kier molecular flexibility index (Phi) is 5.28. The maximum Gasteiger partial charge on any atom is 0.372 e. The number of nitrogens with zero attached hydrogens (tertiary/aromatic N) is 3. The van der Waals surface area contributed by atoms with E-state index in [0.717, 1.165) is 16.8 Å². The van der Waals surface area contributed by atoms with Crippen molar-refractivity contribution < 1.29 is 14.7 Å². The first-order valence-electron chi connectivity index (χ1n) is 7.95. The fourth-order valence-corrected chi connectivity index (χ4v) is 2.32. The Bertz CT molecular complexity index is 971. The maximum absolute atomic E-state index is 11.3. The minimum atomic E-state index is -1.48. The number of aromatic nitrogens is 3. The van der Waals surface area contributed by atoms with Crippen molar-refractivity contribution in [3.8, 4) is 0 Å². The molecule has 26 heavy (non-hydrogen) atoms. The molecule has 0 saturated heterocycles. The van der Waals surface area contributed by atoms with Gasteiger partial charge in [-0.15, -0.1) is 0 Å². The highest BCUT2D eigenvalue weighted by Crippen LogP contribution is 2.15. The van der Waals surface area contributed by atoms with Crippen LogP contribution >= 0.6 is 0 Å². The summed E-state index contributed by atoms with van der Waals surface area (Å²) in [7, 11) is 0. The predicted octanol–water partition coefficient (Wildman–Crippen LogP) is 2.35. The van der Waals surface area contributed by atoms with Gasteiger partial charge in [0.2, 0.25) is 5.78 Å². The average Bonchev–Trinajstić information content (AvgIpc) is 2.66. The zero-order valence-corrected chi connectivity index (χ0v) is 13.8. The van der Waals surface area contributed by atoms with Crippen LogP contribution in [-0.2, 0) is 16.0 Å². The topological polar surface area (TPSA) is 105 Å². The van der Waals surface area contributed by atoms with E-state index in [-0.39, 0.29) is 12.2 Å². The first-order valence-corrected chi connectivity index (χ1v) is 7.95. The van der Waals surface area contributed by atoms with Gasteiger partial charge in [-0.25, -0.2) is 19.7 Å². The molecule has 0 aliphatic heterocycles. The zero-order chi connectivity index (χ0) is 18.4. The Morgan fingerprint density at radius 1 is 1.15 bits per heavy atom. The summed E-state index contributed by atoms with van der Waals surface area (Å²) in [6, 6.07) is 11.3. The minimum absolute atomic E-state index is 0.202. The van der Waals surface area contributed by atoms with Crippen LogP contribution in [0.15, 0.2) is 54.9 Å². The lowest BCUT2D eigenvalue weighted by Gasteiger charge is -2.03. The largest absolute Gasteiger partial charge is 0.475 e. The van der Waals surface area contributed by atoms with Gasteiger partial charge in [0.15, 0.2) is 0 Å². The van der Waals surface area contributed by atoms with E-state index in [9.17, 15) is 9.59 Å². The number of rotatable bonds is 7. The van der Waals surface area contributed by atoms with Gasteiger partial charge in [0.1, 0.15) is 11.6 Å². The van der Waals surface area contributed by atoms with Crippen LogP contribution in [0.3, 0.4) is 0 Å². The average molecular weight is 348 g/mol. The summed E-state index contributed by atoms with van der Waals surface area (Å²) >= 11 is 0. The molecule has 0 spiro atoms.